The maximum absolute atomic E-state index is 11.5. The van der Waals surface area contributed by atoms with Crippen molar-refractivity contribution in [2.45, 2.75) is 66.2 Å². The highest BCUT2D eigenvalue weighted by Gasteiger charge is 2.43. The van der Waals surface area contributed by atoms with E-state index in [1.807, 2.05) is 6.92 Å². The van der Waals surface area contributed by atoms with E-state index in [0.717, 1.165) is 44.3 Å². The molecule has 3 nitrogen and oxygen atoms in total. The summed E-state index contributed by atoms with van der Waals surface area (Å²) < 4.78 is 0. The van der Waals surface area contributed by atoms with Gasteiger partial charge in [0.2, 0.25) is 0 Å². The summed E-state index contributed by atoms with van der Waals surface area (Å²) in [6, 6.07) is 0. The molecule has 1 aliphatic heterocycles. The number of nitrogens with zero attached hydrogens (tertiary/aromatic N) is 1. The van der Waals surface area contributed by atoms with Crippen LogP contribution >= 0.6 is 0 Å². The molecule has 2 rings (SSSR count). The Labute approximate surface area is 130 Å². The van der Waals surface area contributed by atoms with Crippen molar-refractivity contribution in [2.75, 3.05) is 19.6 Å². The van der Waals surface area contributed by atoms with E-state index < -0.39 is 11.4 Å². The first-order valence-electron chi connectivity index (χ1n) is 8.72. The fourth-order valence-corrected chi connectivity index (χ4v) is 4.30. The minimum Gasteiger partial charge on any atom is -0.481 e. The van der Waals surface area contributed by atoms with Crippen LogP contribution in [0.4, 0.5) is 0 Å². The van der Waals surface area contributed by atoms with Gasteiger partial charge < -0.3 is 10.0 Å². The van der Waals surface area contributed by atoms with Crippen LogP contribution in [0.25, 0.3) is 0 Å². The van der Waals surface area contributed by atoms with E-state index >= 15 is 0 Å². The number of carbonyl (C=O) groups is 1. The highest BCUT2D eigenvalue weighted by molar-refractivity contribution is 5.75. The molecule has 122 valence electrons. The first kappa shape index (κ1) is 16.8. The van der Waals surface area contributed by atoms with Gasteiger partial charge in [-0.2, -0.15) is 0 Å². The molecule has 0 aromatic carbocycles. The highest BCUT2D eigenvalue weighted by Crippen LogP contribution is 2.41. The third-order valence-electron chi connectivity index (χ3n) is 6.15. The van der Waals surface area contributed by atoms with Crippen LogP contribution in [0.1, 0.15) is 66.2 Å². The van der Waals surface area contributed by atoms with Gasteiger partial charge in [-0.25, -0.2) is 0 Å². The van der Waals surface area contributed by atoms with Gasteiger partial charge in [-0.3, -0.25) is 4.79 Å². The lowest BCUT2D eigenvalue weighted by molar-refractivity contribution is -0.148. The van der Waals surface area contributed by atoms with Gasteiger partial charge in [0, 0.05) is 13.1 Å². The summed E-state index contributed by atoms with van der Waals surface area (Å²) in [4.78, 5) is 13.9. The van der Waals surface area contributed by atoms with E-state index in [1.165, 1.54) is 25.7 Å². The Hall–Kier alpha value is -0.570. The predicted octanol–water partition coefficient (Wildman–Crippen LogP) is 4.03. The number of hydrogen-bond acceptors (Lipinski definition) is 2. The molecule has 0 spiro atoms. The maximum atomic E-state index is 11.5. The molecule has 0 aromatic heterocycles. The molecule has 1 N–H and O–H groups in total. The average molecular weight is 295 g/mol. The zero-order chi connectivity index (χ0) is 15.7. The molecular formula is C18H33NO2. The lowest BCUT2D eigenvalue weighted by Gasteiger charge is -2.38. The van der Waals surface area contributed by atoms with E-state index in [4.69, 9.17) is 0 Å². The summed E-state index contributed by atoms with van der Waals surface area (Å²) >= 11 is 0. The minimum atomic E-state index is -0.594. The molecule has 0 aromatic rings. The molecule has 1 unspecified atom stereocenters. The Morgan fingerprint density at radius 1 is 1.24 bits per heavy atom. The number of carboxylic acid groups (broad SMARTS) is 1. The Morgan fingerprint density at radius 3 is 2.29 bits per heavy atom. The van der Waals surface area contributed by atoms with Gasteiger partial charge in [-0.15, -0.1) is 0 Å². The molecule has 1 atom stereocenters. The van der Waals surface area contributed by atoms with E-state index in [0.29, 0.717) is 5.41 Å². The molecule has 1 aliphatic carbocycles. The molecular weight excluding hydrogens is 262 g/mol. The Balaban J connectivity index is 1.81. The van der Waals surface area contributed by atoms with Crippen LogP contribution in [0.5, 0.6) is 0 Å². The molecule has 21 heavy (non-hydrogen) atoms. The van der Waals surface area contributed by atoms with Gasteiger partial charge in [0.1, 0.15) is 0 Å². The largest absolute Gasteiger partial charge is 0.481 e. The summed E-state index contributed by atoms with van der Waals surface area (Å²) in [7, 11) is 0. The highest BCUT2D eigenvalue weighted by atomic mass is 16.4. The van der Waals surface area contributed by atoms with Crippen molar-refractivity contribution in [2.24, 2.45) is 22.7 Å². The van der Waals surface area contributed by atoms with E-state index in [9.17, 15) is 9.90 Å². The van der Waals surface area contributed by atoms with Crippen LogP contribution in [-0.4, -0.2) is 35.6 Å². The van der Waals surface area contributed by atoms with E-state index in [-0.39, 0.29) is 0 Å². The van der Waals surface area contributed by atoms with Crippen LogP contribution in [0.15, 0.2) is 0 Å². The zero-order valence-electron chi connectivity index (χ0n) is 14.3. The Bertz CT molecular complexity index is 366. The molecule has 0 amide bonds. The van der Waals surface area contributed by atoms with Crippen LogP contribution in [0.3, 0.4) is 0 Å². The van der Waals surface area contributed by atoms with Gasteiger partial charge >= 0.3 is 5.97 Å². The quantitative estimate of drug-likeness (QED) is 0.851. The van der Waals surface area contributed by atoms with Crippen molar-refractivity contribution < 1.29 is 9.90 Å². The lowest BCUT2D eigenvalue weighted by Crippen LogP contribution is -2.37. The molecule has 3 heteroatoms. The first-order valence-corrected chi connectivity index (χ1v) is 8.72. The number of carboxylic acids is 1. The fraction of sp³-hybridized carbons (Fsp3) is 0.944. The van der Waals surface area contributed by atoms with E-state index in [1.54, 1.807) is 0 Å². The topological polar surface area (TPSA) is 40.5 Å². The van der Waals surface area contributed by atoms with Crippen LogP contribution in [0, 0.1) is 22.7 Å². The fourth-order valence-electron chi connectivity index (χ4n) is 4.30. The number of rotatable bonds is 4. The summed E-state index contributed by atoms with van der Waals surface area (Å²) in [6.45, 7) is 12.0. The summed E-state index contributed by atoms with van der Waals surface area (Å²) in [5, 5.41) is 9.48. The summed E-state index contributed by atoms with van der Waals surface area (Å²) in [5.74, 6) is 1.05. The predicted molar refractivity (Wildman–Crippen MR) is 86.3 cm³/mol. The summed E-state index contributed by atoms with van der Waals surface area (Å²) in [5.41, 5.74) is -0.0259. The lowest BCUT2D eigenvalue weighted by atomic mass is 9.70. The van der Waals surface area contributed by atoms with Gasteiger partial charge in [0.05, 0.1) is 5.41 Å². The standard InChI is InChI=1S/C18H33NO2/c1-5-18(16(20)21)10-11-19(13-18)12-14-6-8-15(9-7-14)17(2,3)4/h14-15H,5-13H2,1-4H3,(H,20,21). The second-order valence-corrected chi connectivity index (χ2v) is 8.51. The van der Waals surface area contributed by atoms with Crippen molar-refractivity contribution >= 4 is 5.97 Å². The van der Waals surface area contributed by atoms with Crippen LogP contribution in [0.2, 0.25) is 0 Å². The zero-order valence-corrected chi connectivity index (χ0v) is 14.3. The van der Waals surface area contributed by atoms with Crippen LogP contribution in [-0.2, 0) is 4.79 Å². The van der Waals surface area contributed by atoms with Gasteiger partial charge in [0.15, 0.2) is 0 Å². The van der Waals surface area contributed by atoms with Crippen molar-refractivity contribution in [1.82, 2.24) is 4.90 Å². The molecule has 1 heterocycles. The normalized spacial score (nSPS) is 35.0. The number of hydrogen-bond donors (Lipinski definition) is 1. The molecule has 0 bridgehead atoms. The van der Waals surface area contributed by atoms with Crippen molar-refractivity contribution in [1.29, 1.82) is 0 Å². The van der Waals surface area contributed by atoms with Crippen molar-refractivity contribution in [3.63, 3.8) is 0 Å². The number of aliphatic carboxylic acids is 1. The second kappa shape index (κ2) is 6.28. The SMILES string of the molecule is CCC1(C(=O)O)CCN(CC2CCC(C(C)(C)C)CC2)C1. The maximum Gasteiger partial charge on any atom is 0.310 e. The molecule has 1 saturated heterocycles. The molecule has 0 radical (unpaired) electrons. The molecule has 2 fully saturated rings. The molecule has 2 aliphatic rings. The smallest absolute Gasteiger partial charge is 0.310 e. The second-order valence-electron chi connectivity index (χ2n) is 8.51. The third kappa shape index (κ3) is 3.80. The van der Waals surface area contributed by atoms with Gasteiger partial charge in [-0.1, -0.05) is 27.7 Å². The Kier molecular flexibility index (Phi) is 5.02. The van der Waals surface area contributed by atoms with E-state index in [2.05, 4.69) is 25.7 Å². The van der Waals surface area contributed by atoms with Gasteiger partial charge in [-0.05, 0) is 62.3 Å². The van der Waals surface area contributed by atoms with Gasteiger partial charge in [0.25, 0.3) is 0 Å². The molecule has 1 saturated carbocycles. The third-order valence-corrected chi connectivity index (χ3v) is 6.15. The van der Waals surface area contributed by atoms with Crippen LogP contribution < -0.4 is 0 Å². The summed E-state index contributed by atoms with van der Waals surface area (Å²) in [6.07, 6.45) is 6.93. The minimum absolute atomic E-state index is 0.444. The number of likely N-dealkylation sites (tertiary alicyclic amines) is 1. The van der Waals surface area contributed by atoms with Crippen molar-refractivity contribution in [3.8, 4) is 0 Å². The monoisotopic (exact) mass is 295 g/mol. The van der Waals surface area contributed by atoms with Crippen molar-refractivity contribution in [3.05, 3.63) is 0 Å². The Morgan fingerprint density at radius 2 is 1.86 bits per heavy atom. The first-order chi connectivity index (χ1) is 9.77. The average Bonchev–Trinajstić information content (AvgIpc) is 2.83.